The maximum atomic E-state index is 13.6. The van der Waals surface area contributed by atoms with E-state index < -0.39 is 22.7 Å². The number of anilines is 2. The summed E-state index contributed by atoms with van der Waals surface area (Å²) in [4.78, 5) is 2.23. The number of nitrogens with zero attached hydrogens (tertiary/aromatic N) is 2. The highest BCUT2D eigenvalue weighted by molar-refractivity contribution is 7.89. The maximum absolute atomic E-state index is 13.6. The number of fused-ring (bicyclic) bond motifs is 1. The Morgan fingerprint density at radius 3 is 2.51 bits per heavy atom. The average Bonchev–Trinajstić information content (AvgIpc) is 3.26. The zero-order chi connectivity index (χ0) is 29.6. The molecule has 1 saturated heterocycles. The van der Waals surface area contributed by atoms with Crippen LogP contribution in [0.5, 0.6) is 5.75 Å². The molecule has 1 aliphatic rings. The molecular weight excluding hydrogens is 559 g/mol. The molecule has 0 radical (unpaired) electrons. The first-order valence-corrected chi connectivity index (χ1v) is 14.6. The van der Waals surface area contributed by atoms with Gasteiger partial charge in [0.2, 0.25) is 10.0 Å². The standard InChI is InChI=1S/C28H34F3N5O4S/c1-39-16-15-35-13-10-20(11-14-35)34-24-6-3-7-26-23(24)17-21(36(26)19-28(29,30)31)5-4-12-33-25-9-8-22(41(32,37)38)18-27(25)40-2/h3,6-9,17-18,20,33-34H,10-16,19H2,1-2H3,(H2,32,37,38). The number of hydrogen-bond acceptors (Lipinski definition) is 7. The van der Waals surface area contributed by atoms with E-state index in [2.05, 4.69) is 27.4 Å². The minimum Gasteiger partial charge on any atom is -0.495 e. The summed E-state index contributed by atoms with van der Waals surface area (Å²) in [6.45, 7) is 2.31. The van der Waals surface area contributed by atoms with Crippen LogP contribution < -0.4 is 20.5 Å². The highest BCUT2D eigenvalue weighted by Gasteiger charge is 2.30. The van der Waals surface area contributed by atoms with Gasteiger partial charge in [-0.1, -0.05) is 12.0 Å². The predicted octanol–water partition coefficient (Wildman–Crippen LogP) is 3.85. The van der Waals surface area contributed by atoms with Gasteiger partial charge in [-0.2, -0.15) is 13.2 Å². The van der Waals surface area contributed by atoms with Gasteiger partial charge in [-0.3, -0.25) is 0 Å². The molecule has 0 amide bonds. The monoisotopic (exact) mass is 593 g/mol. The number of rotatable bonds is 10. The fourth-order valence-corrected chi connectivity index (χ4v) is 5.40. The summed E-state index contributed by atoms with van der Waals surface area (Å²) in [5.74, 6) is 5.98. The number of methoxy groups -OCH3 is 2. The van der Waals surface area contributed by atoms with Crippen molar-refractivity contribution in [1.82, 2.24) is 9.47 Å². The van der Waals surface area contributed by atoms with Crippen molar-refractivity contribution in [3.05, 3.63) is 48.2 Å². The molecule has 1 fully saturated rings. The number of hydrogen-bond donors (Lipinski definition) is 3. The van der Waals surface area contributed by atoms with Gasteiger partial charge in [-0.05, 0) is 49.1 Å². The zero-order valence-electron chi connectivity index (χ0n) is 22.9. The summed E-state index contributed by atoms with van der Waals surface area (Å²) in [6, 6.07) is 11.3. The quantitative estimate of drug-likeness (QED) is 0.307. The molecule has 0 saturated carbocycles. The number of likely N-dealkylation sites (tertiary alicyclic amines) is 1. The number of primary sulfonamides is 1. The van der Waals surface area contributed by atoms with Crippen LogP contribution in [0.15, 0.2) is 47.4 Å². The first kappa shape index (κ1) is 30.5. The molecule has 222 valence electrons. The van der Waals surface area contributed by atoms with Crippen molar-refractivity contribution >= 4 is 32.3 Å². The van der Waals surface area contributed by atoms with E-state index in [-0.39, 0.29) is 28.9 Å². The topological polar surface area (TPSA) is 111 Å². The summed E-state index contributed by atoms with van der Waals surface area (Å²) in [6.07, 6.45) is -2.59. The lowest BCUT2D eigenvalue weighted by atomic mass is 10.0. The van der Waals surface area contributed by atoms with E-state index in [1.807, 2.05) is 6.07 Å². The van der Waals surface area contributed by atoms with Crippen molar-refractivity contribution in [3.8, 4) is 17.6 Å². The van der Waals surface area contributed by atoms with Crippen LogP contribution in [0.3, 0.4) is 0 Å². The van der Waals surface area contributed by atoms with Gasteiger partial charge in [-0.15, -0.1) is 0 Å². The third kappa shape index (κ3) is 8.07. The van der Waals surface area contributed by atoms with E-state index in [1.54, 1.807) is 25.3 Å². The van der Waals surface area contributed by atoms with Crippen LogP contribution in [0.25, 0.3) is 10.9 Å². The first-order valence-electron chi connectivity index (χ1n) is 13.1. The van der Waals surface area contributed by atoms with Gasteiger partial charge in [0.15, 0.2) is 0 Å². The third-order valence-electron chi connectivity index (χ3n) is 6.93. The minimum atomic E-state index is -4.43. The van der Waals surface area contributed by atoms with E-state index >= 15 is 0 Å². The molecule has 2 aromatic carbocycles. The Labute approximate surface area is 237 Å². The molecule has 1 aromatic heterocycles. The largest absolute Gasteiger partial charge is 0.495 e. The lowest BCUT2D eigenvalue weighted by molar-refractivity contribution is -0.140. The smallest absolute Gasteiger partial charge is 0.406 e. The van der Waals surface area contributed by atoms with Crippen molar-refractivity contribution in [2.45, 2.75) is 36.5 Å². The highest BCUT2D eigenvalue weighted by atomic mass is 32.2. The van der Waals surface area contributed by atoms with Crippen LogP contribution in [0, 0.1) is 11.8 Å². The van der Waals surface area contributed by atoms with Crippen molar-refractivity contribution < 1.29 is 31.1 Å². The Balaban J connectivity index is 1.54. The van der Waals surface area contributed by atoms with Crippen LogP contribution >= 0.6 is 0 Å². The van der Waals surface area contributed by atoms with Crippen LogP contribution in [-0.4, -0.2) is 77.1 Å². The SMILES string of the molecule is COCCN1CCC(Nc2cccc3c2cc(C#CCNc2ccc(S(N)(=O)=O)cc2OC)n3CC(F)(F)F)CC1. The number of halogens is 3. The number of nitrogens with one attached hydrogen (secondary N) is 2. The number of nitrogens with two attached hydrogens (primary N) is 1. The molecule has 0 atom stereocenters. The summed E-state index contributed by atoms with van der Waals surface area (Å²) in [5.41, 5.74) is 1.92. The maximum Gasteiger partial charge on any atom is 0.406 e. The number of benzene rings is 2. The molecule has 1 aliphatic heterocycles. The van der Waals surface area contributed by atoms with Crippen LogP contribution in [0.2, 0.25) is 0 Å². The molecule has 0 aliphatic carbocycles. The summed E-state index contributed by atoms with van der Waals surface area (Å²) < 4.78 is 75.5. The molecular formula is C28H34F3N5O4S. The number of piperidine rings is 1. The average molecular weight is 594 g/mol. The normalized spacial score (nSPS) is 15.0. The second-order valence-electron chi connectivity index (χ2n) is 9.78. The third-order valence-corrected chi connectivity index (χ3v) is 7.84. The van der Waals surface area contributed by atoms with Gasteiger partial charge < -0.3 is 29.6 Å². The van der Waals surface area contributed by atoms with E-state index in [9.17, 15) is 21.6 Å². The van der Waals surface area contributed by atoms with Crippen molar-refractivity contribution in [1.29, 1.82) is 0 Å². The number of aromatic nitrogens is 1. The van der Waals surface area contributed by atoms with Gasteiger partial charge >= 0.3 is 6.18 Å². The van der Waals surface area contributed by atoms with E-state index in [0.29, 0.717) is 23.2 Å². The second kappa shape index (κ2) is 13.0. The Hall–Kier alpha value is -3.44. The van der Waals surface area contributed by atoms with Gasteiger partial charge in [0.25, 0.3) is 0 Å². The van der Waals surface area contributed by atoms with Crippen molar-refractivity contribution in [2.24, 2.45) is 5.14 Å². The van der Waals surface area contributed by atoms with E-state index in [1.165, 1.54) is 29.9 Å². The molecule has 2 heterocycles. The summed E-state index contributed by atoms with van der Waals surface area (Å²) in [7, 11) is -0.843. The van der Waals surface area contributed by atoms with Gasteiger partial charge in [0.05, 0.1) is 42.1 Å². The molecule has 0 unspecified atom stereocenters. The number of sulfonamides is 1. The molecule has 3 aromatic rings. The predicted molar refractivity (Wildman–Crippen MR) is 153 cm³/mol. The lowest BCUT2D eigenvalue weighted by Gasteiger charge is -2.32. The Morgan fingerprint density at radius 1 is 1.10 bits per heavy atom. The van der Waals surface area contributed by atoms with Gasteiger partial charge in [0.1, 0.15) is 12.3 Å². The lowest BCUT2D eigenvalue weighted by Crippen LogP contribution is -2.40. The molecule has 4 N–H and O–H groups in total. The fourth-order valence-electron chi connectivity index (χ4n) is 4.87. The number of ether oxygens (including phenoxy) is 2. The molecule has 9 nitrogen and oxygen atoms in total. The zero-order valence-corrected chi connectivity index (χ0v) is 23.7. The van der Waals surface area contributed by atoms with Crippen LogP contribution in [0.1, 0.15) is 18.5 Å². The molecule has 13 heteroatoms. The first-order chi connectivity index (χ1) is 19.5. The van der Waals surface area contributed by atoms with E-state index in [0.717, 1.165) is 38.2 Å². The second-order valence-corrected chi connectivity index (χ2v) is 11.3. The highest BCUT2D eigenvalue weighted by Crippen LogP contribution is 2.31. The van der Waals surface area contributed by atoms with Crippen molar-refractivity contribution in [3.63, 3.8) is 0 Å². The number of alkyl halides is 3. The van der Waals surface area contributed by atoms with Gasteiger partial charge in [0, 0.05) is 49.9 Å². The van der Waals surface area contributed by atoms with Gasteiger partial charge in [-0.25, -0.2) is 13.6 Å². The van der Waals surface area contributed by atoms with Crippen LogP contribution in [-0.2, 0) is 21.3 Å². The van der Waals surface area contributed by atoms with Crippen LogP contribution in [0.4, 0.5) is 24.5 Å². The molecule has 0 bridgehead atoms. The Bertz CT molecular complexity index is 1520. The Morgan fingerprint density at radius 2 is 1.85 bits per heavy atom. The minimum absolute atomic E-state index is 0.0748. The van der Waals surface area contributed by atoms with Crippen molar-refractivity contribution in [2.75, 3.05) is 57.6 Å². The summed E-state index contributed by atoms with van der Waals surface area (Å²) >= 11 is 0. The van der Waals surface area contributed by atoms with E-state index in [4.69, 9.17) is 14.6 Å². The summed E-state index contributed by atoms with van der Waals surface area (Å²) in [5, 5.41) is 12.4. The molecule has 4 rings (SSSR count). The Kier molecular flexibility index (Phi) is 9.70. The molecule has 0 spiro atoms. The molecule has 41 heavy (non-hydrogen) atoms. The fraction of sp³-hybridized carbons (Fsp3) is 0.429.